The minimum atomic E-state index is -0.223. The van der Waals surface area contributed by atoms with E-state index in [4.69, 9.17) is 4.42 Å². The summed E-state index contributed by atoms with van der Waals surface area (Å²) in [7, 11) is 0. The number of oxazole rings is 1. The van der Waals surface area contributed by atoms with Crippen molar-refractivity contribution in [3.05, 3.63) is 127 Å². The summed E-state index contributed by atoms with van der Waals surface area (Å²) < 4.78 is 19.1. The minimum Gasteiger partial charge on any atom is -0.436 e. The maximum Gasteiger partial charge on any atom is 0.227 e. The first-order valence-electron chi connectivity index (χ1n) is 11.2. The van der Waals surface area contributed by atoms with Gasteiger partial charge in [-0.2, -0.15) is 0 Å². The highest BCUT2D eigenvalue weighted by Gasteiger charge is 2.09. The average Bonchev–Trinajstić information content (AvgIpc) is 3.34. The normalized spacial score (nSPS) is 11.1. The van der Waals surface area contributed by atoms with E-state index in [1.54, 1.807) is 12.1 Å². The van der Waals surface area contributed by atoms with Crippen LogP contribution in [0.25, 0.3) is 55.9 Å². The number of hydrogen-bond donors (Lipinski definition) is 0. The van der Waals surface area contributed by atoms with Gasteiger partial charge in [0.1, 0.15) is 11.3 Å². The largest absolute Gasteiger partial charge is 0.436 e. The summed E-state index contributed by atoms with van der Waals surface area (Å²) in [4.78, 5) is 4.59. The number of para-hydroxylation sites is 2. The molecule has 0 fully saturated rings. The van der Waals surface area contributed by atoms with E-state index in [0.29, 0.717) is 5.89 Å². The monoisotopic (exact) mass is 441 g/mol. The molecule has 6 aromatic rings. The predicted octanol–water partition coefficient (Wildman–Crippen LogP) is 8.63. The molecule has 0 bridgehead atoms. The number of rotatable bonds is 4. The third-order valence-electron chi connectivity index (χ3n) is 6.02. The zero-order valence-electron chi connectivity index (χ0n) is 18.3. The molecule has 5 aromatic carbocycles. The van der Waals surface area contributed by atoms with E-state index in [2.05, 4.69) is 65.6 Å². The van der Waals surface area contributed by atoms with Gasteiger partial charge in [0.2, 0.25) is 5.89 Å². The Kier molecular flexibility index (Phi) is 5.00. The fourth-order valence-electron chi connectivity index (χ4n) is 4.18. The van der Waals surface area contributed by atoms with Crippen LogP contribution < -0.4 is 0 Å². The zero-order valence-corrected chi connectivity index (χ0v) is 18.3. The van der Waals surface area contributed by atoms with Gasteiger partial charge >= 0.3 is 0 Å². The molecule has 2 nitrogen and oxygen atoms in total. The molecule has 0 radical (unpaired) electrons. The maximum absolute atomic E-state index is 13.2. The molecule has 0 unspecified atom stereocenters. The van der Waals surface area contributed by atoms with Crippen LogP contribution in [0, 0.1) is 5.82 Å². The van der Waals surface area contributed by atoms with Gasteiger partial charge in [-0.1, -0.05) is 78.9 Å². The Morgan fingerprint density at radius 3 is 1.56 bits per heavy atom. The molecule has 3 heteroatoms. The lowest BCUT2D eigenvalue weighted by molar-refractivity contribution is 0.620. The summed E-state index contributed by atoms with van der Waals surface area (Å²) in [6.45, 7) is 0. The Morgan fingerprint density at radius 1 is 0.471 bits per heavy atom. The quantitative estimate of drug-likeness (QED) is 0.274. The van der Waals surface area contributed by atoms with Crippen molar-refractivity contribution >= 4 is 11.1 Å². The Morgan fingerprint density at radius 2 is 0.971 bits per heavy atom. The fraction of sp³-hybridized carbons (Fsp3) is 0. The molecule has 0 aliphatic rings. The molecule has 162 valence electrons. The van der Waals surface area contributed by atoms with Crippen LogP contribution in [0.3, 0.4) is 0 Å². The van der Waals surface area contributed by atoms with Crippen LogP contribution in [0.1, 0.15) is 0 Å². The first kappa shape index (κ1) is 20.1. The Hall–Kier alpha value is -4.50. The topological polar surface area (TPSA) is 26.0 Å². The van der Waals surface area contributed by atoms with E-state index in [1.807, 2.05) is 36.4 Å². The summed E-state index contributed by atoms with van der Waals surface area (Å²) in [5.41, 5.74) is 9.22. The Labute approximate surface area is 197 Å². The van der Waals surface area contributed by atoms with Gasteiger partial charge in [0.15, 0.2) is 5.58 Å². The van der Waals surface area contributed by atoms with E-state index in [-0.39, 0.29) is 5.82 Å². The molecule has 0 N–H and O–H groups in total. The van der Waals surface area contributed by atoms with Gasteiger partial charge in [-0.05, 0) is 75.8 Å². The molecule has 1 aromatic heterocycles. The number of benzene rings is 5. The smallest absolute Gasteiger partial charge is 0.227 e. The predicted molar refractivity (Wildman–Crippen MR) is 136 cm³/mol. The fourth-order valence-corrected chi connectivity index (χ4v) is 4.18. The molecule has 34 heavy (non-hydrogen) atoms. The lowest BCUT2D eigenvalue weighted by Crippen LogP contribution is -1.84. The van der Waals surface area contributed by atoms with Crippen molar-refractivity contribution in [2.75, 3.05) is 0 Å². The molecule has 0 atom stereocenters. The van der Waals surface area contributed by atoms with Crippen molar-refractivity contribution in [3.8, 4) is 44.8 Å². The van der Waals surface area contributed by atoms with Crippen molar-refractivity contribution in [3.63, 3.8) is 0 Å². The highest BCUT2D eigenvalue weighted by molar-refractivity contribution is 5.78. The second-order valence-electron chi connectivity index (χ2n) is 8.23. The molecule has 6 rings (SSSR count). The van der Waals surface area contributed by atoms with Gasteiger partial charge in [-0.3, -0.25) is 0 Å². The second-order valence-corrected chi connectivity index (χ2v) is 8.23. The van der Waals surface area contributed by atoms with E-state index in [0.717, 1.165) is 50.0 Å². The van der Waals surface area contributed by atoms with Crippen molar-refractivity contribution < 1.29 is 8.81 Å². The van der Waals surface area contributed by atoms with E-state index >= 15 is 0 Å². The Bertz CT molecular complexity index is 1550. The van der Waals surface area contributed by atoms with Crippen molar-refractivity contribution in [2.24, 2.45) is 0 Å². The summed E-state index contributed by atoms with van der Waals surface area (Å²) >= 11 is 0. The van der Waals surface area contributed by atoms with Crippen LogP contribution >= 0.6 is 0 Å². The molecular weight excluding hydrogens is 421 g/mol. The molecule has 0 amide bonds. The first-order valence-corrected chi connectivity index (χ1v) is 11.2. The number of halogens is 1. The van der Waals surface area contributed by atoms with Gasteiger partial charge in [0.25, 0.3) is 0 Å². The van der Waals surface area contributed by atoms with Gasteiger partial charge in [-0.25, -0.2) is 9.37 Å². The molecule has 0 aliphatic heterocycles. The number of aromatic nitrogens is 1. The number of nitrogens with zero attached hydrogens (tertiary/aromatic N) is 1. The maximum atomic E-state index is 13.2. The van der Waals surface area contributed by atoms with E-state index < -0.39 is 0 Å². The average molecular weight is 442 g/mol. The highest BCUT2D eigenvalue weighted by Crippen LogP contribution is 2.30. The summed E-state index contributed by atoms with van der Waals surface area (Å²) in [6, 6.07) is 39.5. The van der Waals surface area contributed by atoms with Crippen LogP contribution in [-0.2, 0) is 0 Å². The van der Waals surface area contributed by atoms with Crippen molar-refractivity contribution in [2.45, 2.75) is 0 Å². The van der Waals surface area contributed by atoms with E-state index in [9.17, 15) is 4.39 Å². The van der Waals surface area contributed by atoms with Crippen molar-refractivity contribution in [1.29, 1.82) is 0 Å². The molecule has 1 heterocycles. The zero-order chi connectivity index (χ0) is 22.9. The molecule has 0 spiro atoms. The third-order valence-corrected chi connectivity index (χ3v) is 6.02. The minimum absolute atomic E-state index is 0.223. The van der Waals surface area contributed by atoms with Crippen molar-refractivity contribution in [1.82, 2.24) is 4.98 Å². The lowest BCUT2D eigenvalue weighted by atomic mass is 9.97. The standard InChI is InChI=1S/C31H20FNO/c32-28-18-16-22(17-19-28)21-8-10-23(11-9-21)26-4-3-5-27(20-26)24-12-14-25(15-13-24)31-33-29-6-1-2-7-30(29)34-31/h1-20H. The molecule has 0 saturated carbocycles. The van der Waals surface area contributed by atoms with Gasteiger partial charge < -0.3 is 4.42 Å². The van der Waals surface area contributed by atoms with Gasteiger partial charge in [0, 0.05) is 5.56 Å². The SMILES string of the molecule is Fc1ccc(-c2ccc(-c3cccc(-c4ccc(-c5nc6ccccc6o5)cc4)c3)cc2)cc1. The molecule has 0 aliphatic carbocycles. The third kappa shape index (κ3) is 3.89. The van der Waals surface area contributed by atoms with Crippen LogP contribution in [0.5, 0.6) is 0 Å². The highest BCUT2D eigenvalue weighted by atomic mass is 19.1. The van der Waals surface area contributed by atoms with Crippen LogP contribution in [0.15, 0.2) is 126 Å². The molecular formula is C31H20FNO. The summed E-state index contributed by atoms with van der Waals surface area (Å²) in [5.74, 6) is 0.404. The first-order chi connectivity index (χ1) is 16.7. The van der Waals surface area contributed by atoms with E-state index in [1.165, 1.54) is 12.1 Å². The lowest BCUT2D eigenvalue weighted by Gasteiger charge is -2.08. The molecule has 0 saturated heterocycles. The van der Waals surface area contributed by atoms with Gasteiger partial charge in [-0.15, -0.1) is 0 Å². The number of fused-ring (bicyclic) bond motifs is 1. The summed E-state index contributed by atoms with van der Waals surface area (Å²) in [6.07, 6.45) is 0. The second kappa shape index (κ2) is 8.45. The van der Waals surface area contributed by atoms with Crippen LogP contribution in [0.4, 0.5) is 4.39 Å². The number of hydrogen-bond acceptors (Lipinski definition) is 2. The Balaban J connectivity index is 1.26. The summed E-state index contributed by atoms with van der Waals surface area (Å²) in [5, 5.41) is 0. The van der Waals surface area contributed by atoms with Gasteiger partial charge in [0.05, 0.1) is 0 Å². The van der Waals surface area contributed by atoms with Crippen LogP contribution in [0.2, 0.25) is 0 Å². The van der Waals surface area contributed by atoms with Crippen LogP contribution in [-0.4, -0.2) is 4.98 Å².